The van der Waals surface area contributed by atoms with Crippen molar-refractivity contribution < 1.29 is 22.4 Å². The van der Waals surface area contributed by atoms with Crippen molar-refractivity contribution in [3.8, 4) is 0 Å². The van der Waals surface area contributed by atoms with Gasteiger partial charge in [0.2, 0.25) is 0 Å². The fourth-order valence-electron chi connectivity index (χ4n) is 2.69. The monoisotopic (exact) mass is 389 g/mol. The number of hydrogen-bond acceptors (Lipinski definition) is 3. The summed E-state index contributed by atoms with van der Waals surface area (Å²) in [5.41, 5.74) is 0.238. The lowest BCUT2D eigenvalue weighted by Crippen LogP contribution is -2.30. The zero-order valence-corrected chi connectivity index (χ0v) is 14.7. The highest BCUT2D eigenvalue weighted by Gasteiger charge is 2.31. The molecule has 2 aromatic heterocycles. The lowest BCUT2D eigenvalue weighted by atomic mass is 10.00. The van der Waals surface area contributed by atoms with E-state index in [1.54, 1.807) is 13.0 Å². The number of carbonyl (C=O) groups excluding carboxylic acids is 1. The van der Waals surface area contributed by atoms with Crippen LogP contribution in [0.3, 0.4) is 0 Å². The van der Waals surface area contributed by atoms with Gasteiger partial charge in [0.1, 0.15) is 11.5 Å². The van der Waals surface area contributed by atoms with E-state index in [4.69, 9.17) is 0 Å². The van der Waals surface area contributed by atoms with Crippen molar-refractivity contribution >= 4 is 5.91 Å². The maximum absolute atomic E-state index is 14.3. The molecule has 3 rings (SSSR count). The van der Waals surface area contributed by atoms with Crippen LogP contribution in [0.2, 0.25) is 0 Å². The number of nitrogens with zero attached hydrogens (tertiary/aromatic N) is 2. The van der Waals surface area contributed by atoms with Gasteiger partial charge in [-0.05, 0) is 48.9 Å². The Labute approximate surface area is 158 Å². The summed E-state index contributed by atoms with van der Waals surface area (Å²) < 4.78 is 52.8. The van der Waals surface area contributed by atoms with Crippen LogP contribution in [0.4, 0.5) is 17.6 Å². The maximum atomic E-state index is 14.3. The molecule has 0 spiro atoms. The predicted octanol–water partition coefficient (Wildman–Crippen LogP) is 4.46. The molecule has 1 aromatic carbocycles. The third kappa shape index (κ3) is 4.33. The lowest BCUT2D eigenvalue weighted by Gasteiger charge is -2.20. The van der Waals surface area contributed by atoms with Crippen LogP contribution in [-0.4, -0.2) is 15.9 Å². The summed E-state index contributed by atoms with van der Waals surface area (Å²) >= 11 is 0. The first-order valence-electron chi connectivity index (χ1n) is 8.27. The average Bonchev–Trinajstić information content (AvgIpc) is 2.66. The molecule has 3 aromatic rings. The molecule has 0 bridgehead atoms. The van der Waals surface area contributed by atoms with Gasteiger partial charge >= 0.3 is 6.18 Å². The van der Waals surface area contributed by atoms with Gasteiger partial charge in [-0.25, -0.2) is 4.39 Å². The summed E-state index contributed by atoms with van der Waals surface area (Å²) in [6.45, 7) is 1.71. The van der Waals surface area contributed by atoms with E-state index < -0.39 is 29.5 Å². The molecule has 0 unspecified atom stereocenters. The highest BCUT2D eigenvalue weighted by atomic mass is 19.4. The molecule has 28 heavy (non-hydrogen) atoms. The molecule has 1 amide bonds. The van der Waals surface area contributed by atoms with Crippen LogP contribution in [0.5, 0.6) is 0 Å². The van der Waals surface area contributed by atoms with Gasteiger partial charge in [-0.2, -0.15) is 13.2 Å². The van der Waals surface area contributed by atoms with Gasteiger partial charge in [0.15, 0.2) is 0 Å². The van der Waals surface area contributed by atoms with Crippen LogP contribution in [0.25, 0.3) is 0 Å². The van der Waals surface area contributed by atoms with Crippen LogP contribution in [0, 0.1) is 12.7 Å². The van der Waals surface area contributed by atoms with Gasteiger partial charge in [0.25, 0.3) is 5.91 Å². The summed E-state index contributed by atoms with van der Waals surface area (Å²) in [4.78, 5) is 20.6. The fraction of sp³-hybridized carbons (Fsp3) is 0.150. The molecule has 0 aliphatic heterocycles. The first kappa shape index (κ1) is 19.5. The van der Waals surface area contributed by atoms with E-state index in [0.717, 1.165) is 12.1 Å². The first-order chi connectivity index (χ1) is 13.3. The zero-order valence-electron chi connectivity index (χ0n) is 14.7. The summed E-state index contributed by atoms with van der Waals surface area (Å²) in [6, 6.07) is 8.68. The molecular weight excluding hydrogens is 374 g/mol. The van der Waals surface area contributed by atoms with Crippen molar-refractivity contribution in [3.63, 3.8) is 0 Å². The second-order valence-corrected chi connectivity index (χ2v) is 6.08. The molecule has 0 saturated heterocycles. The number of nitrogens with one attached hydrogen (secondary N) is 1. The number of benzene rings is 1. The third-order valence-electron chi connectivity index (χ3n) is 4.07. The molecular formula is C20H15F4N3O. The molecule has 8 heteroatoms. The van der Waals surface area contributed by atoms with E-state index in [1.807, 2.05) is 0 Å². The maximum Gasteiger partial charge on any atom is 0.416 e. The van der Waals surface area contributed by atoms with E-state index in [-0.39, 0.29) is 11.3 Å². The van der Waals surface area contributed by atoms with E-state index in [0.29, 0.717) is 11.3 Å². The highest BCUT2D eigenvalue weighted by molar-refractivity contribution is 5.94. The zero-order chi connectivity index (χ0) is 20.3. The van der Waals surface area contributed by atoms with Crippen molar-refractivity contribution in [3.05, 3.63) is 94.8 Å². The molecule has 144 valence electrons. The number of pyridine rings is 2. The molecule has 0 radical (unpaired) electrons. The molecule has 1 atom stereocenters. The number of halogens is 4. The summed E-state index contributed by atoms with van der Waals surface area (Å²) in [5, 5.41) is 2.64. The van der Waals surface area contributed by atoms with Crippen molar-refractivity contribution in [2.24, 2.45) is 0 Å². The molecule has 4 nitrogen and oxygen atoms in total. The van der Waals surface area contributed by atoms with E-state index in [1.165, 1.54) is 42.7 Å². The largest absolute Gasteiger partial charge is 0.416 e. The standard InChI is InChI=1S/C20H15F4N3O/c1-12-11-14(8-10-25-12)19(28)27-17(18-16(21)3-2-9-26-18)13-4-6-15(7-5-13)20(22,23)24/h2-11,17H,1H3,(H,27,28)/t17-/m0/s1. The van der Waals surface area contributed by atoms with Gasteiger partial charge in [0.05, 0.1) is 11.6 Å². The third-order valence-corrected chi connectivity index (χ3v) is 4.07. The van der Waals surface area contributed by atoms with Crippen LogP contribution >= 0.6 is 0 Å². The number of aryl methyl sites for hydroxylation is 1. The van der Waals surface area contributed by atoms with E-state index in [2.05, 4.69) is 15.3 Å². The van der Waals surface area contributed by atoms with E-state index in [9.17, 15) is 22.4 Å². The molecule has 0 fully saturated rings. The Morgan fingerprint density at radius 3 is 2.36 bits per heavy atom. The fourth-order valence-corrected chi connectivity index (χ4v) is 2.69. The normalized spacial score (nSPS) is 12.5. The Morgan fingerprint density at radius 1 is 1.04 bits per heavy atom. The Morgan fingerprint density at radius 2 is 1.75 bits per heavy atom. The number of aromatic nitrogens is 2. The predicted molar refractivity (Wildman–Crippen MR) is 93.9 cm³/mol. The van der Waals surface area contributed by atoms with Crippen molar-refractivity contribution in [1.29, 1.82) is 0 Å². The number of amides is 1. The number of alkyl halides is 3. The Balaban J connectivity index is 1.99. The Bertz CT molecular complexity index is 987. The smallest absolute Gasteiger partial charge is 0.339 e. The summed E-state index contributed by atoms with van der Waals surface area (Å²) in [6.07, 6.45) is -1.70. The van der Waals surface area contributed by atoms with Gasteiger partial charge in [-0.1, -0.05) is 12.1 Å². The average molecular weight is 389 g/mol. The number of rotatable bonds is 4. The Hall–Kier alpha value is -3.29. The second kappa shape index (κ2) is 7.75. The van der Waals surface area contributed by atoms with E-state index >= 15 is 0 Å². The minimum atomic E-state index is -4.50. The van der Waals surface area contributed by atoms with Crippen LogP contribution in [-0.2, 0) is 6.18 Å². The van der Waals surface area contributed by atoms with Crippen LogP contribution in [0.15, 0.2) is 60.9 Å². The van der Waals surface area contributed by atoms with Gasteiger partial charge < -0.3 is 5.32 Å². The minimum Gasteiger partial charge on any atom is -0.339 e. The topological polar surface area (TPSA) is 54.9 Å². The van der Waals surface area contributed by atoms with Crippen LogP contribution in [0.1, 0.15) is 38.9 Å². The lowest BCUT2D eigenvalue weighted by molar-refractivity contribution is -0.137. The molecule has 1 N–H and O–H groups in total. The van der Waals surface area contributed by atoms with Gasteiger partial charge in [-0.15, -0.1) is 0 Å². The Kier molecular flexibility index (Phi) is 5.39. The van der Waals surface area contributed by atoms with Crippen molar-refractivity contribution in [1.82, 2.24) is 15.3 Å². The highest BCUT2D eigenvalue weighted by Crippen LogP contribution is 2.31. The molecule has 2 heterocycles. The number of hydrogen-bond donors (Lipinski definition) is 1. The second-order valence-electron chi connectivity index (χ2n) is 6.08. The summed E-state index contributed by atoms with van der Waals surface area (Å²) in [7, 11) is 0. The van der Waals surface area contributed by atoms with Crippen molar-refractivity contribution in [2.45, 2.75) is 19.1 Å². The number of carbonyl (C=O) groups is 1. The molecule has 0 aliphatic rings. The first-order valence-corrected chi connectivity index (χ1v) is 8.27. The SMILES string of the molecule is Cc1cc(C(=O)N[C@@H](c2ccc(C(F)(F)F)cc2)c2ncccc2F)ccn1. The van der Waals surface area contributed by atoms with Crippen molar-refractivity contribution in [2.75, 3.05) is 0 Å². The van der Waals surface area contributed by atoms with Crippen LogP contribution < -0.4 is 5.32 Å². The summed E-state index contributed by atoms with van der Waals surface area (Å²) in [5.74, 6) is -1.21. The minimum absolute atomic E-state index is 0.0959. The quantitative estimate of drug-likeness (QED) is 0.671. The van der Waals surface area contributed by atoms with Gasteiger partial charge in [0, 0.05) is 23.7 Å². The van der Waals surface area contributed by atoms with Gasteiger partial charge in [-0.3, -0.25) is 14.8 Å². The molecule has 0 saturated carbocycles. The molecule has 0 aliphatic carbocycles.